The fourth-order valence-corrected chi connectivity index (χ4v) is 3.02. The summed E-state index contributed by atoms with van der Waals surface area (Å²) >= 11 is 0. The highest BCUT2D eigenvalue weighted by Crippen LogP contribution is 2.41. The highest BCUT2D eigenvalue weighted by atomic mass is 16.3. The van der Waals surface area contributed by atoms with Crippen molar-refractivity contribution >= 4 is 0 Å². The molecule has 0 aromatic carbocycles. The monoisotopic (exact) mass is 194 g/mol. The van der Waals surface area contributed by atoms with Crippen LogP contribution in [0.5, 0.6) is 0 Å². The molecule has 2 aliphatic carbocycles. The van der Waals surface area contributed by atoms with Crippen LogP contribution in [-0.4, -0.2) is 11.2 Å². The Morgan fingerprint density at radius 3 is 2.79 bits per heavy atom. The molecular formula is C13H22O. The van der Waals surface area contributed by atoms with E-state index in [0.717, 1.165) is 24.2 Å². The van der Waals surface area contributed by atoms with Gasteiger partial charge in [-0.2, -0.15) is 0 Å². The van der Waals surface area contributed by atoms with Crippen LogP contribution >= 0.6 is 0 Å². The maximum atomic E-state index is 9.55. The van der Waals surface area contributed by atoms with Gasteiger partial charge in [-0.3, -0.25) is 0 Å². The standard InChI is InChI=1S/C13H22O/c1-9(2)10-3-4-12-8-13(14)6-5-11(12)7-10/h8-11,13-14H,3-7H2,1-2H3. The van der Waals surface area contributed by atoms with E-state index in [1.165, 1.54) is 25.7 Å². The lowest BCUT2D eigenvalue weighted by atomic mass is 9.70. The minimum Gasteiger partial charge on any atom is -0.389 e. The Morgan fingerprint density at radius 1 is 1.29 bits per heavy atom. The first-order valence-electron chi connectivity index (χ1n) is 6.05. The van der Waals surface area contributed by atoms with Gasteiger partial charge in [0.05, 0.1) is 6.10 Å². The number of hydrogen-bond acceptors (Lipinski definition) is 1. The summed E-state index contributed by atoms with van der Waals surface area (Å²) in [5.41, 5.74) is 1.56. The van der Waals surface area contributed by atoms with Gasteiger partial charge in [0.15, 0.2) is 0 Å². The third kappa shape index (κ3) is 2.03. The highest BCUT2D eigenvalue weighted by molar-refractivity contribution is 5.15. The lowest BCUT2D eigenvalue weighted by Gasteiger charge is -2.36. The smallest absolute Gasteiger partial charge is 0.0723 e. The molecule has 80 valence electrons. The van der Waals surface area contributed by atoms with E-state index in [0.29, 0.717) is 0 Å². The van der Waals surface area contributed by atoms with Crippen LogP contribution in [-0.2, 0) is 0 Å². The lowest BCUT2D eigenvalue weighted by molar-refractivity contribution is 0.167. The first-order chi connectivity index (χ1) is 6.66. The Labute approximate surface area is 87.2 Å². The van der Waals surface area contributed by atoms with Crippen LogP contribution in [0.15, 0.2) is 11.6 Å². The fourth-order valence-electron chi connectivity index (χ4n) is 3.02. The highest BCUT2D eigenvalue weighted by Gasteiger charge is 2.30. The summed E-state index contributed by atoms with van der Waals surface area (Å²) in [6.45, 7) is 4.69. The Balaban J connectivity index is 2.02. The lowest BCUT2D eigenvalue weighted by Crippen LogP contribution is -2.26. The van der Waals surface area contributed by atoms with Gasteiger partial charge >= 0.3 is 0 Å². The number of aliphatic hydroxyl groups is 1. The van der Waals surface area contributed by atoms with Crippen molar-refractivity contribution in [3.8, 4) is 0 Å². The average Bonchev–Trinajstić information content (AvgIpc) is 2.16. The Hall–Kier alpha value is -0.300. The van der Waals surface area contributed by atoms with E-state index in [1.807, 2.05) is 0 Å². The molecule has 3 unspecified atom stereocenters. The van der Waals surface area contributed by atoms with Crippen molar-refractivity contribution in [3.63, 3.8) is 0 Å². The maximum absolute atomic E-state index is 9.55. The van der Waals surface area contributed by atoms with Gasteiger partial charge in [-0.05, 0) is 49.9 Å². The van der Waals surface area contributed by atoms with Gasteiger partial charge in [0.2, 0.25) is 0 Å². The molecule has 0 heterocycles. The second kappa shape index (κ2) is 4.06. The molecule has 1 saturated carbocycles. The Bertz CT molecular complexity index is 229. The first-order valence-corrected chi connectivity index (χ1v) is 6.05. The van der Waals surface area contributed by atoms with E-state index in [1.54, 1.807) is 5.57 Å². The summed E-state index contributed by atoms with van der Waals surface area (Å²) < 4.78 is 0. The van der Waals surface area contributed by atoms with Gasteiger partial charge in [-0.1, -0.05) is 25.5 Å². The molecule has 2 aliphatic rings. The second-order valence-electron chi connectivity index (χ2n) is 5.36. The predicted molar refractivity (Wildman–Crippen MR) is 59.0 cm³/mol. The Kier molecular flexibility index (Phi) is 2.96. The third-order valence-corrected chi connectivity index (χ3v) is 4.08. The largest absolute Gasteiger partial charge is 0.389 e. The molecule has 0 radical (unpaired) electrons. The molecule has 0 saturated heterocycles. The molecule has 0 aromatic rings. The molecule has 0 aliphatic heterocycles. The van der Waals surface area contributed by atoms with Crippen molar-refractivity contribution in [1.29, 1.82) is 0 Å². The van der Waals surface area contributed by atoms with Gasteiger partial charge < -0.3 is 5.11 Å². The Morgan fingerprint density at radius 2 is 2.07 bits per heavy atom. The summed E-state index contributed by atoms with van der Waals surface area (Å²) in [6, 6.07) is 0. The van der Waals surface area contributed by atoms with Crippen molar-refractivity contribution in [2.24, 2.45) is 17.8 Å². The molecule has 0 amide bonds. The summed E-state index contributed by atoms with van der Waals surface area (Å²) in [5.74, 6) is 2.57. The molecule has 14 heavy (non-hydrogen) atoms. The summed E-state index contributed by atoms with van der Waals surface area (Å²) in [5, 5.41) is 9.55. The molecule has 0 aromatic heterocycles. The van der Waals surface area contributed by atoms with Crippen LogP contribution in [0.1, 0.15) is 46.0 Å². The zero-order chi connectivity index (χ0) is 10.1. The second-order valence-corrected chi connectivity index (χ2v) is 5.36. The third-order valence-electron chi connectivity index (χ3n) is 4.08. The van der Waals surface area contributed by atoms with E-state index in [4.69, 9.17) is 0 Å². The normalized spacial score (nSPS) is 38.0. The van der Waals surface area contributed by atoms with Crippen molar-refractivity contribution in [2.45, 2.75) is 52.1 Å². The molecule has 2 rings (SSSR count). The van der Waals surface area contributed by atoms with Crippen molar-refractivity contribution in [3.05, 3.63) is 11.6 Å². The predicted octanol–water partition coefficient (Wildman–Crippen LogP) is 3.14. The van der Waals surface area contributed by atoms with Crippen molar-refractivity contribution in [2.75, 3.05) is 0 Å². The minimum absolute atomic E-state index is 0.142. The molecule has 3 atom stereocenters. The summed E-state index contributed by atoms with van der Waals surface area (Å²) in [4.78, 5) is 0. The molecule has 1 N–H and O–H groups in total. The van der Waals surface area contributed by atoms with Gasteiger partial charge in [-0.25, -0.2) is 0 Å². The molecule has 1 fully saturated rings. The quantitative estimate of drug-likeness (QED) is 0.636. The van der Waals surface area contributed by atoms with Crippen LogP contribution in [0.4, 0.5) is 0 Å². The number of aliphatic hydroxyl groups excluding tert-OH is 1. The SMILES string of the molecule is CC(C)C1CCC2=CC(O)CCC2C1. The zero-order valence-corrected chi connectivity index (χ0v) is 9.37. The molecule has 1 heteroatoms. The zero-order valence-electron chi connectivity index (χ0n) is 9.37. The number of rotatable bonds is 1. The summed E-state index contributed by atoms with van der Waals surface area (Å²) in [6.07, 6.45) is 8.14. The fraction of sp³-hybridized carbons (Fsp3) is 0.846. The van der Waals surface area contributed by atoms with Crippen LogP contribution in [0.25, 0.3) is 0 Å². The van der Waals surface area contributed by atoms with Gasteiger partial charge in [0, 0.05) is 0 Å². The van der Waals surface area contributed by atoms with Gasteiger partial charge in [-0.15, -0.1) is 0 Å². The topological polar surface area (TPSA) is 20.2 Å². The number of hydrogen-bond donors (Lipinski definition) is 1. The van der Waals surface area contributed by atoms with E-state index >= 15 is 0 Å². The van der Waals surface area contributed by atoms with Gasteiger partial charge in [0.25, 0.3) is 0 Å². The first kappa shape index (κ1) is 10.2. The van der Waals surface area contributed by atoms with Crippen LogP contribution in [0.2, 0.25) is 0 Å². The average molecular weight is 194 g/mol. The molecule has 0 spiro atoms. The van der Waals surface area contributed by atoms with E-state index < -0.39 is 0 Å². The number of fused-ring (bicyclic) bond motifs is 1. The van der Waals surface area contributed by atoms with Crippen molar-refractivity contribution < 1.29 is 5.11 Å². The molecule has 1 nitrogen and oxygen atoms in total. The van der Waals surface area contributed by atoms with E-state index in [-0.39, 0.29) is 6.10 Å². The van der Waals surface area contributed by atoms with E-state index in [9.17, 15) is 5.11 Å². The number of allylic oxidation sites excluding steroid dienone is 1. The van der Waals surface area contributed by atoms with Crippen LogP contribution in [0, 0.1) is 17.8 Å². The van der Waals surface area contributed by atoms with Crippen LogP contribution < -0.4 is 0 Å². The minimum atomic E-state index is -0.142. The maximum Gasteiger partial charge on any atom is 0.0723 e. The molecular weight excluding hydrogens is 172 g/mol. The summed E-state index contributed by atoms with van der Waals surface area (Å²) in [7, 11) is 0. The molecule has 0 bridgehead atoms. The van der Waals surface area contributed by atoms with Crippen molar-refractivity contribution in [1.82, 2.24) is 0 Å². The van der Waals surface area contributed by atoms with Crippen LogP contribution in [0.3, 0.4) is 0 Å². The van der Waals surface area contributed by atoms with Gasteiger partial charge in [0.1, 0.15) is 0 Å². The van der Waals surface area contributed by atoms with E-state index in [2.05, 4.69) is 19.9 Å².